The van der Waals surface area contributed by atoms with Gasteiger partial charge >= 0.3 is 0 Å². The molecular formula is C13H19FN2. The molecule has 1 fully saturated rings. The summed E-state index contributed by atoms with van der Waals surface area (Å²) < 4.78 is 13.8. The molecule has 1 saturated heterocycles. The maximum atomic E-state index is 13.8. The Hall–Kier alpha value is -1.25. The van der Waals surface area contributed by atoms with Crippen molar-refractivity contribution in [2.45, 2.75) is 32.7 Å². The highest BCUT2D eigenvalue weighted by atomic mass is 19.1. The van der Waals surface area contributed by atoms with Crippen molar-refractivity contribution in [1.29, 1.82) is 0 Å². The van der Waals surface area contributed by atoms with Crippen LogP contribution in [0.4, 0.5) is 15.8 Å². The molecule has 3 heteroatoms. The van der Waals surface area contributed by atoms with E-state index in [-0.39, 0.29) is 5.82 Å². The van der Waals surface area contributed by atoms with Gasteiger partial charge in [-0.1, -0.05) is 6.92 Å². The second-order valence-electron chi connectivity index (χ2n) is 4.89. The summed E-state index contributed by atoms with van der Waals surface area (Å²) >= 11 is 0. The fraction of sp³-hybridized carbons (Fsp3) is 0.538. The molecule has 0 aromatic heterocycles. The first-order valence-electron chi connectivity index (χ1n) is 5.89. The minimum Gasteiger partial charge on any atom is -0.399 e. The van der Waals surface area contributed by atoms with Crippen molar-refractivity contribution in [1.82, 2.24) is 0 Å². The van der Waals surface area contributed by atoms with E-state index in [0.29, 0.717) is 23.3 Å². The van der Waals surface area contributed by atoms with Gasteiger partial charge in [-0.3, -0.25) is 0 Å². The van der Waals surface area contributed by atoms with Crippen molar-refractivity contribution < 1.29 is 4.39 Å². The van der Waals surface area contributed by atoms with E-state index >= 15 is 0 Å². The number of piperidine rings is 1. The molecule has 0 spiro atoms. The van der Waals surface area contributed by atoms with Crippen LogP contribution >= 0.6 is 0 Å². The molecule has 1 aromatic rings. The molecule has 0 amide bonds. The van der Waals surface area contributed by atoms with Crippen LogP contribution in [0, 0.1) is 11.7 Å². The van der Waals surface area contributed by atoms with Crippen molar-refractivity contribution in [2.24, 2.45) is 5.92 Å². The van der Waals surface area contributed by atoms with Gasteiger partial charge in [0, 0.05) is 18.3 Å². The first-order chi connectivity index (χ1) is 7.58. The van der Waals surface area contributed by atoms with Gasteiger partial charge in [-0.2, -0.15) is 0 Å². The highest BCUT2D eigenvalue weighted by Gasteiger charge is 2.24. The van der Waals surface area contributed by atoms with Crippen LogP contribution in [-0.2, 0) is 0 Å². The molecule has 2 unspecified atom stereocenters. The van der Waals surface area contributed by atoms with Crippen LogP contribution in [0.25, 0.3) is 0 Å². The second kappa shape index (κ2) is 4.32. The van der Waals surface area contributed by atoms with Gasteiger partial charge in [-0.05, 0) is 43.9 Å². The Bertz CT molecular complexity index is 378. The molecule has 1 aliphatic heterocycles. The fourth-order valence-electron chi connectivity index (χ4n) is 2.38. The summed E-state index contributed by atoms with van der Waals surface area (Å²) in [6.45, 7) is 5.30. The molecule has 0 saturated carbocycles. The molecule has 16 heavy (non-hydrogen) atoms. The normalized spacial score (nSPS) is 25.8. The lowest BCUT2D eigenvalue weighted by molar-refractivity contribution is 0.386. The van der Waals surface area contributed by atoms with Crippen molar-refractivity contribution >= 4 is 11.4 Å². The van der Waals surface area contributed by atoms with Gasteiger partial charge in [0.15, 0.2) is 0 Å². The van der Waals surface area contributed by atoms with Gasteiger partial charge in [0.05, 0.1) is 5.69 Å². The van der Waals surface area contributed by atoms with Gasteiger partial charge in [-0.25, -0.2) is 4.39 Å². The average Bonchev–Trinajstić information content (AvgIpc) is 2.22. The monoisotopic (exact) mass is 222 g/mol. The zero-order valence-electron chi connectivity index (χ0n) is 9.91. The highest BCUT2D eigenvalue weighted by Crippen LogP contribution is 2.30. The van der Waals surface area contributed by atoms with E-state index in [2.05, 4.69) is 18.7 Å². The largest absolute Gasteiger partial charge is 0.399 e. The third-order valence-electron chi connectivity index (χ3n) is 3.40. The van der Waals surface area contributed by atoms with Crippen molar-refractivity contribution in [2.75, 3.05) is 17.2 Å². The number of nitrogens with zero attached hydrogens (tertiary/aromatic N) is 1. The minimum absolute atomic E-state index is 0.207. The smallest absolute Gasteiger partial charge is 0.148 e. The van der Waals surface area contributed by atoms with Crippen LogP contribution in [0.2, 0.25) is 0 Å². The maximum Gasteiger partial charge on any atom is 0.148 e. The van der Waals surface area contributed by atoms with Crippen molar-refractivity contribution in [3.05, 3.63) is 24.0 Å². The van der Waals surface area contributed by atoms with Crippen LogP contribution in [0.3, 0.4) is 0 Å². The van der Waals surface area contributed by atoms with Crippen LogP contribution in [-0.4, -0.2) is 12.6 Å². The Kier molecular flexibility index (Phi) is 3.03. The lowest BCUT2D eigenvalue weighted by Crippen LogP contribution is -2.41. The van der Waals surface area contributed by atoms with Crippen molar-refractivity contribution in [3.63, 3.8) is 0 Å². The topological polar surface area (TPSA) is 29.3 Å². The molecule has 0 bridgehead atoms. The summed E-state index contributed by atoms with van der Waals surface area (Å²) in [5.74, 6) is 0.425. The lowest BCUT2D eigenvalue weighted by atomic mass is 9.94. The molecule has 0 aliphatic carbocycles. The van der Waals surface area contributed by atoms with Gasteiger partial charge in [0.2, 0.25) is 0 Å². The van der Waals surface area contributed by atoms with Gasteiger partial charge in [-0.15, -0.1) is 0 Å². The van der Waals surface area contributed by atoms with Crippen LogP contribution < -0.4 is 10.6 Å². The second-order valence-corrected chi connectivity index (χ2v) is 4.89. The predicted octanol–water partition coefficient (Wildman–Crippen LogP) is 3.03. The minimum atomic E-state index is -0.207. The number of rotatable bonds is 1. The SMILES string of the molecule is CC1CCC(C)N(c2ccc(N)cc2F)C1. The molecule has 1 aromatic carbocycles. The standard InChI is InChI=1S/C13H19FN2/c1-9-3-4-10(2)16(8-9)13-6-5-11(15)7-12(13)14/h5-7,9-10H,3-4,8,15H2,1-2H3. The molecule has 0 radical (unpaired) electrons. The molecule has 2 nitrogen and oxygen atoms in total. The predicted molar refractivity (Wildman–Crippen MR) is 66.0 cm³/mol. The molecular weight excluding hydrogens is 203 g/mol. The third-order valence-corrected chi connectivity index (χ3v) is 3.40. The zero-order valence-corrected chi connectivity index (χ0v) is 9.91. The van der Waals surface area contributed by atoms with E-state index in [1.165, 1.54) is 12.5 Å². The van der Waals surface area contributed by atoms with E-state index in [4.69, 9.17) is 5.73 Å². The molecule has 1 aliphatic rings. The number of hydrogen-bond donors (Lipinski definition) is 1. The van der Waals surface area contributed by atoms with Gasteiger partial charge < -0.3 is 10.6 Å². The van der Waals surface area contributed by atoms with Gasteiger partial charge in [0.1, 0.15) is 5.82 Å². The summed E-state index contributed by atoms with van der Waals surface area (Å²) in [7, 11) is 0. The number of hydrogen-bond acceptors (Lipinski definition) is 2. The Morgan fingerprint density at radius 2 is 2.06 bits per heavy atom. The average molecular weight is 222 g/mol. The zero-order chi connectivity index (χ0) is 11.7. The summed E-state index contributed by atoms with van der Waals surface area (Å²) in [6.07, 6.45) is 2.36. The first-order valence-corrected chi connectivity index (χ1v) is 5.89. The van der Waals surface area contributed by atoms with E-state index in [1.807, 2.05) is 0 Å². The highest BCUT2D eigenvalue weighted by molar-refractivity contribution is 5.55. The molecule has 2 atom stereocenters. The summed E-state index contributed by atoms with van der Waals surface area (Å²) in [5, 5.41) is 0. The number of anilines is 2. The number of nitrogen functional groups attached to an aromatic ring is 1. The van der Waals surface area contributed by atoms with E-state index < -0.39 is 0 Å². The Balaban J connectivity index is 2.28. The number of benzene rings is 1. The molecule has 2 N–H and O–H groups in total. The summed E-state index contributed by atoms with van der Waals surface area (Å²) in [5.41, 5.74) is 6.73. The number of nitrogens with two attached hydrogens (primary N) is 1. The summed E-state index contributed by atoms with van der Waals surface area (Å²) in [6, 6.07) is 5.37. The Morgan fingerprint density at radius 3 is 2.75 bits per heavy atom. The lowest BCUT2D eigenvalue weighted by Gasteiger charge is -2.38. The quantitative estimate of drug-likeness (QED) is 0.740. The Labute approximate surface area is 96.2 Å². The van der Waals surface area contributed by atoms with E-state index in [1.54, 1.807) is 12.1 Å². The van der Waals surface area contributed by atoms with E-state index in [0.717, 1.165) is 13.0 Å². The van der Waals surface area contributed by atoms with Crippen LogP contribution in [0.1, 0.15) is 26.7 Å². The van der Waals surface area contributed by atoms with Crippen LogP contribution in [0.5, 0.6) is 0 Å². The maximum absolute atomic E-state index is 13.8. The number of halogens is 1. The van der Waals surface area contributed by atoms with Gasteiger partial charge in [0.25, 0.3) is 0 Å². The summed E-state index contributed by atoms with van der Waals surface area (Å²) in [4.78, 5) is 2.16. The molecule has 88 valence electrons. The molecule has 2 rings (SSSR count). The van der Waals surface area contributed by atoms with Crippen molar-refractivity contribution in [3.8, 4) is 0 Å². The Morgan fingerprint density at radius 1 is 1.31 bits per heavy atom. The molecule has 1 heterocycles. The third kappa shape index (κ3) is 2.13. The van der Waals surface area contributed by atoms with Crippen LogP contribution in [0.15, 0.2) is 18.2 Å². The fourth-order valence-corrected chi connectivity index (χ4v) is 2.38. The first kappa shape index (κ1) is 11.2. The van der Waals surface area contributed by atoms with E-state index in [9.17, 15) is 4.39 Å².